The molecule has 0 atom stereocenters. The fraction of sp³-hybridized carbons (Fsp3) is 0.200. The molecule has 6 nitrogen and oxygen atoms in total. The van der Waals surface area contributed by atoms with E-state index in [0.717, 1.165) is 17.3 Å². The number of carbonyl (C=O) groups excluding carboxylic acids is 2. The van der Waals surface area contributed by atoms with Gasteiger partial charge >= 0.3 is 0 Å². The Balaban J connectivity index is 1.54. The summed E-state index contributed by atoms with van der Waals surface area (Å²) in [6, 6.07) is 13.4. The molecule has 28 heavy (non-hydrogen) atoms. The summed E-state index contributed by atoms with van der Waals surface area (Å²) in [4.78, 5) is 23.2. The van der Waals surface area contributed by atoms with Crippen molar-refractivity contribution >= 4 is 23.5 Å². The maximum atomic E-state index is 13.8. The van der Waals surface area contributed by atoms with Crippen LogP contribution in [0.1, 0.15) is 22.8 Å². The number of benzene rings is 2. The number of hydrogen-bond acceptors (Lipinski definition) is 6. The molecule has 3 rings (SSSR count). The van der Waals surface area contributed by atoms with Gasteiger partial charge in [0.15, 0.2) is 5.78 Å². The largest absolute Gasteiger partial charge is 0.411 e. The number of halogens is 1. The Morgan fingerprint density at radius 2 is 1.86 bits per heavy atom. The summed E-state index contributed by atoms with van der Waals surface area (Å²) in [5.74, 6) is -0.384. The topological polar surface area (TPSA) is 85.1 Å². The van der Waals surface area contributed by atoms with Crippen LogP contribution >= 0.6 is 11.8 Å². The van der Waals surface area contributed by atoms with Gasteiger partial charge in [0.05, 0.1) is 11.3 Å². The second-order valence-corrected chi connectivity index (χ2v) is 6.92. The van der Waals surface area contributed by atoms with Crippen molar-refractivity contribution < 1.29 is 18.4 Å². The molecule has 0 aliphatic carbocycles. The Kier molecular flexibility index (Phi) is 6.54. The van der Waals surface area contributed by atoms with Crippen LogP contribution < -0.4 is 5.32 Å². The third-order valence-electron chi connectivity index (χ3n) is 3.90. The molecule has 8 heteroatoms. The first kappa shape index (κ1) is 19.8. The Morgan fingerprint density at radius 3 is 2.57 bits per heavy atom. The van der Waals surface area contributed by atoms with Gasteiger partial charge in [0.25, 0.3) is 11.1 Å². The summed E-state index contributed by atoms with van der Waals surface area (Å²) in [5, 5.41) is 10.6. The van der Waals surface area contributed by atoms with Crippen LogP contribution in [-0.4, -0.2) is 34.2 Å². The highest BCUT2D eigenvalue weighted by Crippen LogP contribution is 2.25. The van der Waals surface area contributed by atoms with E-state index in [1.807, 2.05) is 12.1 Å². The van der Waals surface area contributed by atoms with Crippen molar-refractivity contribution in [3.63, 3.8) is 0 Å². The Bertz CT molecular complexity index is 973. The molecule has 144 valence electrons. The standard InChI is InChI=1S/C20H18FN3O3S/c1-13(25)22-11-10-14-6-8-15(9-7-14)18(26)12-28-20-24-23-19(27-20)16-4-2-3-5-17(16)21/h2-9H,10-12H2,1H3,(H,22,25). The van der Waals surface area contributed by atoms with E-state index >= 15 is 0 Å². The molecule has 0 saturated carbocycles. The number of ketones is 1. The van der Waals surface area contributed by atoms with Crippen LogP contribution in [0.4, 0.5) is 4.39 Å². The zero-order valence-electron chi connectivity index (χ0n) is 15.1. The van der Waals surface area contributed by atoms with Crippen molar-refractivity contribution in [2.75, 3.05) is 12.3 Å². The molecule has 1 amide bonds. The van der Waals surface area contributed by atoms with Gasteiger partial charge in [-0.15, -0.1) is 10.2 Å². The van der Waals surface area contributed by atoms with Crippen LogP contribution in [0, 0.1) is 5.82 Å². The number of Topliss-reactive ketones (excluding diaryl/α,β-unsaturated/α-hetero) is 1. The number of carbonyl (C=O) groups is 2. The molecule has 0 saturated heterocycles. The van der Waals surface area contributed by atoms with Crippen molar-refractivity contribution in [2.45, 2.75) is 18.6 Å². The quantitative estimate of drug-likeness (QED) is 0.461. The normalized spacial score (nSPS) is 10.6. The summed E-state index contributed by atoms with van der Waals surface area (Å²) < 4.78 is 19.2. The lowest BCUT2D eigenvalue weighted by atomic mass is 10.1. The highest BCUT2D eigenvalue weighted by atomic mass is 32.2. The molecular weight excluding hydrogens is 381 g/mol. The first-order chi connectivity index (χ1) is 13.5. The van der Waals surface area contributed by atoms with Crippen LogP contribution in [0.15, 0.2) is 58.2 Å². The first-order valence-electron chi connectivity index (χ1n) is 8.60. The molecule has 0 fully saturated rings. The molecule has 0 unspecified atom stereocenters. The van der Waals surface area contributed by atoms with Crippen LogP contribution in [0.25, 0.3) is 11.5 Å². The fourth-order valence-corrected chi connectivity index (χ4v) is 3.12. The molecule has 3 aromatic rings. The number of hydrogen-bond donors (Lipinski definition) is 1. The lowest BCUT2D eigenvalue weighted by Crippen LogP contribution is -2.22. The second kappa shape index (κ2) is 9.27. The van der Waals surface area contributed by atoms with Gasteiger partial charge in [0.2, 0.25) is 5.91 Å². The highest BCUT2D eigenvalue weighted by Gasteiger charge is 2.14. The summed E-state index contributed by atoms with van der Waals surface area (Å²) in [6.45, 7) is 2.03. The lowest BCUT2D eigenvalue weighted by Gasteiger charge is -2.04. The van der Waals surface area contributed by atoms with E-state index in [-0.39, 0.29) is 34.1 Å². The average Bonchev–Trinajstić information content (AvgIpc) is 3.15. The molecule has 1 aromatic heterocycles. The zero-order valence-corrected chi connectivity index (χ0v) is 16.0. The number of nitrogens with zero attached hydrogens (tertiary/aromatic N) is 2. The van der Waals surface area contributed by atoms with E-state index in [1.165, 1.54) is 13.0 Å². The predicted molar refractivity (Wildman–Crippen MR) is 104 cm³/mol. The van der Waals surface area contributed by atoms with E-state index in [1.54, 1.807) is 30.3 Å². The van der Waals surface area contributed by atoms with Crippen LogP contribution in [0.3, 0.4) is 0 Å². The third kappa shape index (κ3) is 5.26. The smallest absolute Gasteiger partial charge is 0.277 e. The van der Waals surface area contributed by atoms with Crippen molar-refractivity contribution in [1.82, 2.24) is 15.5 Å². The van der Waals surface area contributed by atoms with Gasteiger partial charge in [-0.3, -0.25) is 9.59 Å². The van der Waals surface area contributed by atoms with E-state index in [0.29, 0.717) is 18.5 Å². The van der Waals surface area contributed by atoms with Crippen molar-refractivity contribution in [2.24, 2.45) is 0 Å². The number of aromatic nitrogens is 2. The SMILES string of the molecule is CC(=O)NCCc1ccc(C(=O)CSc2nnc(-c3ccccc3F)o2)cc1. The lowest BCUT2D eigenvalue weighted by molar-refractivity contribution is -0.118. The van der Waals surface area contributed by atoms with Crippen molar-refractivity contribution in [1.29, 1.82) is 0 Å². The molecule has 0 aliphatic heterocycles. The van der Waals surface area contributed by atoms with Gasteiger partial charge in [0, 0.05) is 19.0 Å². The van der Waals surface area contributed by atoms with E-state index in [9.17, 15) is 14.0 Å². The third-order valence-corrected chi connectivity index (χ3v) is 4.72. The van der Waals surface area contributed by atoms with Gasteiger partial charge in [-0.05, 0) is 24.1 Å². The minimum atomic E-state index is -0.447. The minimum absolute atomic E-state index is 0.0667. The maximum Gasteiger partial charge on any atom is 0.277 e. The summed E-state index contributed by atoms with van der Waals surface area (Å²) >= 11 is 1.11. The van der Waals surface area contributed by atoms with E-state index < -0.39 is 5.82 Å². The highest BCUT2D eigenvalue weighted by molar-refractivity contribution is 7.99. The van der Waals surface area contributed by atoms with E-state index in [2.05, 4.69) is 15.5 Å². The van der Waals surface area contributed by atoms with Gasteiger partial charge in [0.1, 0.15) is 5.82 Å². The maximum absolute atomic E-state index is 13.8. The van der Waals surface area contributed by atoms with Crippen molar-refractivity contribution in [3.8, 4) is 11.5 Å². The van der Waals surface area contributed by atoms with Crippen LogP contribution in [-0.2, 0) is 11.2 Å². The number of thioether (sulfide) groups is 1. The summed E-state index contributed by atoms with van der Waals surface area (Å²) in [7, 11) is 0. The molecule has 2 aromatic carbocycles. The molecule has 0 radical (unpaired) electrons. The summed E-state index contributed by atoms with van der Waals surface area (Å²) in [5.41, 5.74) is 1.83. The Morgan fingerprint density at radius 1 is 1.11 bits per heavy atom. The number of amides is 1. The monoisotopic (exact) mass is 399 g/mol. The minimum Gasteiger partial charge on any atom is -0.411 e. The van der Waals surface area contributed by atoms with Gasteiger partial charge in [-0.1, -0.05) is 48.2 Å². The molecule has 0 aliphatic rings. The van der Waals surface area contributed by atoms with E-state index in [4.69, 9.17) is 4.42 Å². The van der Waals surface area contributed by atoms with Crippen LogP contribution in [0.2, 0.25) is 0 Å². The second-order valence-electron chi connectivity index (χ2n) is 5.99. The van der Waals surface area contributed by atoms with Gasteiger partial charge in [-0.2, -0.15) is 0 Å². The molecule has 0 bridgehead atoms. The predicted octanol–water partition coefficient (Wildman–Crippen LogP) is 3.53. The number of rotatable bonds is 8. The van der Waals surface area contributed by atoms with Gasteiger partial charge in [-0.25, -0.2) is 4.39 Å². The molecular formula is C20H18FN3O3S. The molecule has 0 spiro atoms. The average molecular weight is 399 g/mol. The van der Waals surface area contributed by atoms with Crippen molar-refractivity contribution in [3.05, 3.63) is 65.5 Å². The Labute approximate surface area is 165 Å². The molecule has 1 N–H and O–H groups in total. The zero-order chi connectivity index (χ0) is 19.9. The first-order valence-corrected chi connectivity index (χ1v) is 9.59. The fourth-order valence-electron chi connectivity index (χ4n) is 2.46. The van der Waals surface area contributed by atoms with Crippen LogP contribution in [0.5, 0.6) is 0 Å². The van der Waals surface area contributed by atoms with Gasteiger partial charge < -0.3 is 9.73 Å². The number of nitrogens with one attached hydrogen (secondary N) is 1. The molecule has 1 heterocycles. The summed E-state index contributed by atoms with van der Waals surface area (Å²) in [6.07, 6.45) is 0.698. The Hall–Kier alpha value is -3.00.